The fourth-order valence-electron chi connectivity index (χ4n) is 4.07. The number of hydrogen-bond donors (Lipinski definition) is 2. The number of amides is 2. The molecule has 3 rings (SSSR count). The molecular formula is C18H24ClN2O4+. The number of aliphatic hydroxyl groups is 1. The topological polar surface area (TPSA) is 71.3 Å². The Hall–Kier alpha value is -1.63. The van der Waals surface area contributed by atoms with Gasteiger partial charge in [0.2, 0.25) is 5.91 Å². The van der Waals surface area contributed by atoms with Crippen molar-refractivity contribution >= 4 is 29.1 Å². The number of rotatable bonds is 5. The van der Waals surface area contributed by atoms with Crippen LogP contribution >= 0.6 is 11.6 Å². The first-order valence-corrected chi connectivity index (χ1v) is 9.11. The van der Waals surface area contributed by atoms with Gasteiger partial charge >= 0.3 is 0 Å². The molecule has 3 atom stereocenters. The zero-order valence-electron chi connectivity index (χ0n) is 14.3. The Morgan fingerprint density at radius 2 is 2.16 bits per heavy atom. The minimum atomic E-state index is -0.395. The highest BCUT2D eigenvalue weighted by atomic mass is 35.5. The first kappa shape index (κ1) is 18.2. The molecule has 136 valence electrons. The number of anilines is 1. The molecular weight excluding hydrogens is 344 g/mol. The summed E-state index contributed by atoms with van der Waals surface area (Å²) in [6.07, 6.45) is 3.97. The van der Waals surface area contributed by atoms with E-state index in [9.17, 15) is 14.7 Å². The molecule has 2 amide bonds. The Bertz CT molecular complexity index is 664. The number of aliphatic hydroxyl groups excluding tert-OH is 1. The van der Waals surface area contributed by atoms with Gasteiger partial charge in [-0.3, -0.25) is 9.59 Å². The number of carbonyl (C=O) groups is 2. The number of quaternary nitrogens is 1. The normalized spacial score (nSPS) is 27.0. The van der Waals surface area contributed by atoms with Gasteiger partial charge in [0.25, 0.3) is 5.91 Å². The summed E-state index contributed by atoms with van der Waals surface area (Å²) >= 11 is 6.06. The molecule has 2 fully saturated rings. The van der Waals surface area contributed by atoms with Crippen molar-refractivity contribution in [3.05, 3.63) is 23.2 Å². The second-order valence-corrected chi connectivity index (χ2v) is 7.11. The summed E-state index contributed by atoms with van der Waals surface area (Å²) < 4.78 is 5.31. The molecule has 0 spiro atoms. The number of carbonyl (C=O) groups excluding carboxylic acids is 2. The van der Waals surface area contributed by atoms with Gasteiger partial charge in [0.05, 0.1) is 31.8 Å². The summed E-state index contributed by atoms with van der Waals surface area (Å²) in [7, 11) is 1.50. The Morgan fingerprint density at radius 3 is 2.88 bits per heavy atom. The SMILES string of the molecule is COc1ccc(Cl)cc1N1C(=O)C[C@H]([NH+]2CCCC[C@@H]2CCO)C1=O. The van der Waals surface area contributed by atoms with E-state index in [0.717, 1.165) is 30.7 Å². The monoisotopic (exact) mass is 367 g/mol. The first-order valence-electron chi connectivity index (χ1n) is 8.73. The van der Waals surface area contributed by atoms with Gasteiger partial charge in [0.15, 0.2) is 6.04 Å². The maximum Gasteiger partial charge on any atom is 0.292 e. The highest BCUT2D eigenvalue weighted by molar-refractivity contribution is 6.31. The second-order valence-electron chi connectivity index (χ2n) is 6.67. The van der Waals surface area contributed by atoms with Crippen LogP contribution in [0.5, 0.6) is 5.75 Å². The van der Waals surface area contributed by atoms with Gasteiger partial charge in [-0.15, -0.1) is 0 Å². The average molecular weight is 368 g/mol. The van der Waals surface area contributed by atoms with E-state index in [-0.39, 0.29) is 30.9 Å². The van der Waals surface area contributed by atoms with E-state index in [4.69, 9.17) is 16.3 Å². The van der Waals surface area contributed by atoms with Gasteiger partial charge in [-0.2, -0.15) is 0 Å². The lowest BCUT2D eigenvalue weighted by atomic mass is 9.97. The van der Waals surface area contributed by atoms with Crippen LogP contribution < -0.4 is 14.5 Å². The molecule has 0 aliphatic carbocycles. The number of likely N-dealkylation sites (tertiary alicyclic amines) is 1. The molecule has 2 N–H and O–H groups in total. The summed E-state index contributed by atoms with van der Waals surface area (Å²) in [4.78, 5) is 28.0. The molecule has 1 unspecified atom stereocenters. The highest BCUT2D eigenvalue weighted by Crippen LogP contribution is 2.34. The molecule has 0 bridgehead atoms. The number of nitrogens with zero attached hydrogens (tertiary/aromatic N) is 1. The fraction of sp³-hybridized carbons (Fsp3) is 0.556. The minimum Gasteiger partial charge on any atom is -0.495 e. The number of ether oxygens (including phenoxy) is 1. The van der Waals surface area contributed by atoms with Crippen LogP contribution in [0, 0.1) is 0 Å². The summed E-state index contributed by atoms with van der Waals surface area (Å²) in [6, 6.07) is 4.75. The van der Waals surface area contributed by atoms with Crippen LogP contribution in [-0.2, 0) is 9.59 Å². The van der Waals surface area contributed by atoms with Crippen LogP contribution in [0.2, 0.25) is 5.02 Å². The molecule has 2 aliphatic rings. The lowest BCUT2D eigenvalue weighted by Gasteiger charge is -2.35. The largest absolute Gasteiger partial charge is 0.495 e. The summed E-state index contributed by atoms with van der Waals surface area (Å²) in [6.45, 7) is 0.962. The lowest BCUT2D eigenvalue weighted by Crippen LogP contribution is -3.20. The van der Waals surface area contributed by atoms with Gasteiger partial charge in [0.1, 0.15) is 5.75 Å². The zero-order valence-corrected chi connectivity index (χ0v) is 15.1. The van der Waals surface area contributed by atoms with Crippen LogP contribution in [0.3, 0.4) is 0 Å². The fourth-order valence-corrected chi connectivity index (χ4v) is 4.23. The Morgan fingerprint density at radius 1 is 1.36 bits per heavy atom. The molecule has 2 heterocycles. The minimum absolute atomic E-state index is 0.106. The van der Waals surface area contributed by atoms with Crippen LogP contribution in [-0.4, -0.2) is 49.3 Å². The quantitative estimate of drug-likeness (QED) is 0.755. The predicted molar refractivity (Wildman–Crippen MR) is 94.1 cm³/mol. The Kier molecular flexibility index (Phi) is 5.61. The Labute approximate surface area is 152 Å². The zero-order chi connectivity index (χ0) is 18.0. The van der Waals surface area contributed by atoms with Gasteiger partial charge in [0, 0.05) is 18.1 Å². The third kappa shape index (κ3) is 3.52. The molecule has 2 aliphatic heterocycles. The number of nitrogens with one attached hydrogen (secondary N) is 1. The average Bonchev–Trinajstić information content (AvgIpc) is 2.90. The van der Waals surface area contributed by atoms with Gasteiger partial charge in [-0.25, -0.2) is 4.90 Å². The number of hydrogen-bond acceptors (Lipinski definition) is 4. The summed E-state index contributed by atoms with van der Waals surface area (Å²) in [5.41, 5.74) is 0.405. The van der Waals surface area contributed by atoms with E-state index >= 15 is 0 Å². The van der Waals surface area contributed by atoms with E-state index in [1.807, 2.05) is 0 Å². The van der Waals surface area contributed by atoms with Crippen LogP contribution in [0.4, 0.5) is 5.69 Å². The highest BCUT2D eigenvalue weighted by Gasteiger charge is 2.48. The molecule has 0 aromatic heterocycles. The van der Waals surface area contributed by atoms with Gasteiger partial charge in [-0.1, -0.05) is 11.6 Å². The van der Waals surface area contributed by atoms with E-state index < -0.39 is 6.04 Å². The number of halogens is 1. The number of piperidine rings is 1. The predicted octanol–water partition coefficient (Wildman–Crippen LogP) is 0.800. The van der Waals surface area contributed by atoms with Gasteiger partial charge in [-0.05, 0) is 37.5 Å². The second kappa shape index (κ2) is 7.72. The summed E-state index contributed by atoms with van der Waals surface area (Å²) in [5, 5.41) is 9.77. The standard InChI is InChI=1S/C18H23ClN2O4/c1-25-16-6-5-12(19)10-14(16)21-17(23)11-15(18(21)24)20-8-3-2-4-13(20)7-9-22/h5-6,10,13,15,22H,2-4,7-9,11H2,1H3/p+1/t13-,15+/m1/s1. The third-order valence-corrected chi connectivity index (χ3v) is 5.48. The third-order valence-electron chi connectivity index (χ3n) is 5.25. The number of imide groups is 1. The van der Waals surface area contributed by atoms with Crippen LogP contribution in [0.15, 0.2) is 18.2 Å². The smallest absolute Gasteiger partial charge is 0.292 e. The number of benzene rings is 1. The van der Waals surface area contributed by atoms with Crippen molar-refractivity contribution in [1.82, 2.24) is 0 Å². The van der Waals surface area contributed by atoms with Crippen molar-refractivity contribution in [2.75, 3.05) is 25.2 Å². The lowest BCUT2D eigenvalue weighted by molar-refractivity contribution is -0.945. The molecule has 7 heteroatoms. The van der Waals surface area contributed by atoms with Crippen molar-refractivity contribution in [2.45, 2.75) is 44.2 Å². The van der Waals surface area contributed by atoms with Crippen LogP contribution in [0.25, 0.3) is 0 Å². The molecule has 6 nitrogen and oxygen atoms in total. The van der Waals surface area contributed by atoms with Crippen molar-refractivity contribution in [1.29, 1.82) is 0 Å². The van der Waals surface area contributed by atoms with E-state index in [2.05, 4.69) is 0 Å². The molecule has 25 heavy (non-hydrogen) atoms. The maximum atomic E-state index is 13.1. The van der Waals surface area contributed by atoms with E-state index in [0.29, 0.717) is 22.9 Å². The summed E-state index contributed by atoms with van der Waals surface area (Å²) in [5.74, 6) is 0.0223. The molecule has 0 saturated carbocycles. The van der Waals surface area contributed by atoms with E-state index in [1.54, 1.807) is 18.2 Å². The van der Waals surface area contributed by atoms with Gasteiger partial charge < -0.3 is 14.7 Å². The van der Waals surface area contributed by atoms with Crippen molar-refractivity contribution in [3.8, 4) is 5.75 Å². The van der Waals surface area contributed by atoms with Crippen molar-refractivity contribution < 1.29 is 24.3 Å². The van der Waals surface area contributed by atoms with Crippen LogP contribution in [0.1, 0.15) is 32.1 Å². The molecule has 1 aromatic rings. The van der Waals surface area contributed by atoms with Crippen molar-refractivity contribution in [3.63, 3.8) is 0 Å². The number of methoxy groups -OCH3 is 1. The van der Waals surface area contributed by atoms with Crippen molar-refractivity contribution in [2.24, 2.45) is 0 Å². The Balaban J connectivity index is 1.89. The maximum absolute atomic E-state index is 13.1. The van der Waals surface area contributed by atoms with E-state index in [1.165, 1.54) is 12.0 Å². The first-order chi connectivity index (χ1) is 12.1. The molecule has 1 aromatic carbocycles. The molecule has 0 radical (unpaired) electrons. The molecule has 2 saturated heterocycles.